The molecule has 24 heavy (non-hydrogen) atoms. The first-order valence-electron chi connectivity index (χ1n) is 7.68. The minimum Gasteiger partial charge on any atom is -0.369 e. The maximum atomic E-state index is 13.4. The molecule has 2 N–H and O–H groups in total. The number of carbonyl (C=O) groups is 1. The molecule has 1 amide bonds. The van der Waals surface area contributed by atoms with Crippen LogP contribution in [0.15, 0.2) is 66.9 Å². The van der Waals surface area contributed by atoms with Gasteiger partial charge in [0.1, 0.15) is 5.82 Å². The van der Waals surface area contributed by atoms with Gasteiger partial charge in [-0.3, -0.25) is 9.78 Å². The Balaban J connectivity index is 1.90. The van der Waals surface area contributed by atoms with Crippen LogP contribution in [0.4, 0.5) is 4.39 Å². The SMILES string of the molecule is NC(=O)Cc1ccc(-c2ccccc2Cc2cccc(F)c2)nc1. The predicted molar refractivity (Wildman–Crippen MR) is 91.8 cm³/mol. The normalized spacial score (nSPS) is 10.5. The van der Waals surface area contributed by atoms with Gasteiger partial charge in [-0.1, -0.05) is 42.5 Å². The molecule has 4 heteroatoms. The lowest BCUT2D eigenvalue weighted by Gasteiger charge is -2.10. The standard InChI is InChI=1S/C20H17FN2O/c21-17-6-3-4-14(11-17)10-16-5-1-2-7-18(16)19-9-8-15(13-23-19)12-20(22)24/h1-9,11,13H,10,12H2,(H2,22,24). The highest BCUT2D eigenvalue weighted by molar-refractivity contribution is 5.76. The zero-order chi connectivity index (χ0) is 16.9. The first-order valence-corrected chi connectivity index (χ1v) is 7.68. The molecule has 0 fully saturated rings. The number of pyridine rings is 1. The van der Waals surface area contributed by atoms with Crippen molar-refractivity contribution in [3.63, 3.8) is 0 Å². The number of halogens is 1. The third kappa shape index (κ3) is 3.84. The first kappa shape index (κ1) is 15.9. The molecule has 0 bridgehead atoms. The van der Waals surface area contributed by atoms with Gasteiger partial charge in [0, 0.05) is 11.8 Å². The molecular formula is C20H17FN2O. The molecule has 0 saturated heterocycles. The number of rotatable bonds is 5. The van der Waals surface area contributed by atoms with Gasteiger partial charge >= 0.3 is 0 Å². The van der Waals surface area contributed by atoms with E-state index in [2.05, 4.69) is 4.98 Å². The molecule has 0 aliphatic heterocycles. The quantitative estimate of drug-likeness (QED) is 0.782. The number of nitrogens with zero attached hydrogens (tertiary/aromatic N) is 1. The highest BCUT2D eigenvalue weighted by Crippen LogP contribution is 2.24. The number of primary amides is 1. The molecule has 1 heterocycles. The third-order valence-electron chi connectivity index (χ3n) is 3.78. The Morgan fingerprint density at radius 3 is 2.54 bits per heavy atom. The second-order valence-corrected chi connectivity index (χ2v) is 5.66. The number of benzene rings is 2. The van der Waals surface area contributed by atoms with Gasteiger partial charge in [0.15, 0.2) is 0 Å². The van der Waals surface area contributed by atoms with Crippen molar-refractivity contribution < 1.29 is 9.18 Å². The van der Waals surface area contributed by atoms with E-state index in [9.17, 15) is 9.18 Å². The number of hydrogen-bond acceptors (Lipinski definition) is 2. The summed E-state index contributed by atoms with van der Waals surface area (Å²) in [5, 5.41) is 0. The Labute approximate surface area is 140 Å². The van der Waals surface area contributed by atoms with E-state index >= 15 is 0 Å². The zero-order valence-corrected chi connectivity index (χ0v) is 13.1. The van der Waals surface area contributed by atoms with Crippen LogP contribution in [-0.4, -0.2) is 10.9 Å². The molecule has 0 aliphatic carbocycles. The van der Waals surface area contributed by atoms with Gasteiger partial charge in [-0.15, -0.1) is 0 Å². The van der Waals surface area contributed by atoms with Crippen molar-refractivity contribution in [2.75, 3.05) is 0 Å². The number of carbonyl (C=O) groups excluding carboxylic acids is 1. The van der Waals surface area contributed by atoms with Crippen LogP contribution in [0.3, 0.4) is 0 Å². The van der Waals surface area contributed by atoms with E-state index in [4.69, 9.17) is 5.73 Å². The smallest absolute Gasteiger partial charge is 0.221 e. The van der Waals surface area contributed by atoms with Crippen molar-refractivity contribution in [3.8, 4) is 11.3 Å². The van der Waals surface area contributed by atoms with Crippen LogP contribution in [0, 0.1) is 5.82 Å². The molecule has 120 valence electrons. The molecule has 1 aromatic heterocycles. The van der Waals surface area contributed by atoms with Gasteiger partial charge < -0.3 is 5.73 Å². The first-order chi connectivity index (χ1) is 11.6. The van der Waals surface area contributed by atoms with Crippen molar-refractivity contribution >= 4 is 5.91 Å². The predicted octanol–water partition coefficient (Wildman–Crippen LogP) is 3.51. The summed E-state index contributed by atoms with van der Waals surface area (Å²) in [6, 6.07) is 18.2. The van der Waals surface area contributed by atoms with E-state index in [1.165, 1.54) is 6.07 Å². The molecule has 3 aromatic rings. The molecule has 0 radical (unpaired) electrons. The summed E-state index contributed by atoms with van der Waals surface area (Å²) < 4.78 is 13.4. The fourth-order valence-electron chi connectivity index (χ4n) is 2.68. The Morgan fingerprint density at radius 2 is 1.83 bits per heavy atom. The molecule has 2 aromatic carbocycles. The number of amides is 1. The van der Waals surface area contributed by atoms with E-state index < -0.39 is 0 Å². The van der Waals surface area contributed by atoms with Gasteiger partial charge in [0.2, 0.25) is 5.91 Å². The average Bonchev–Trinajstić information content (AvgIpc) is 2.56. The zero-order valence-electron chi connectivity index (χ0n) is 13.1. The summed E-state index contributed by atoms with van der Waals surface area (Å²) >= 11 is 0. The van der Waals surface area contributed by atoms with Gasteiger partial charge in [0.25, 0.3) is 0 Å². The van der Waals surface area contributed by atoms with Gasteiger partial charge in [-0.25, -0.2) is 4.39 Å². The van der Waals surface area contributed by atoms with E-state index in [1.807, 2.05) is 42.5 Å². The van der Waals surface area contributed by atoms with Crippen LogP contribution in [0.2, 0.25) is 0 Å². The van der Waals surface area contributed by atoms with Crippen LogP contribution in [0.5, 0.6) is 0 Å². The highest BCUT2D eigenvalue weighted by atomic mass is 19.1. The van der Waals surface area contributed by atoms with Crippen molar-refractivity contribution in [2.24, 2.45) is 5.73 Å². The molecular weight excluding hydrogens is 303 g/mol. The van der Waals surface area contributed by atoms with Crippen molar-refractivity contribution in [3.05, 3.63) is 89.4 Å². The summed E-state index contributed by atoms with van der Waals surface area (Å²) in [4.78, 5) is 15.4. The third-order valence-corrected chi connectivity index (χ3v) is 3.78. The summed E-state index contributed by atoms with van der Waals surface area (Å²) in [6.07, 6.45) is 2.47. The molecule has 3 nitrogen and oxygen atoms in total. The molecule has 0 atom stereocenters. The largest absolute Gasteiger partial charge is 0.369 e. The summed E-state index contributed by atoms with van der Waals surface area (Å²) in [7, 11) is 0. The average molecular weight is 320 g/mol. The van der Waals surface area contributed by atoms with Crippen LogP contribution >= 0.6 is 0 Å². The van der Waals surface area contributed by atoms with E-state index in [-0.39, 0.29) is 18.1 Å². The lowest BCUT2D eigenvalue weighted by Crippen LogP contribution is -2.13. The lowest BCUT2D eigenvalue weighted by molar-refractivity contribution is -0.117. The van der Waals surface area contributed by atoms with Crippen molar-refractivity contribution in [2.45, 2.75) is 12.8 Å². The minimum absolute atomic E-state index is 0.179. The molecule has 3 rings (SSSR count). The topological polar surface area (TPSA) is 56.0 Å². The Bertz CT molecular complexity index is 860. The molecule has 0 saturated carbocycles. The monoisotopic (exact) mass is 320 g/mol. The van der Waals surface area contributed by atoms with Crippen LogP contribution < -0.4 is 5.73 Å². The number of aromatic nitrogens is 1. The fraction of sp³-hybridized carbons (Fsp3) is 0.100. The van der Waals surface area contributed by atoms with Gasteiger partial charge in [0.05, 0.1) is 12.1 Å². The summed E-state index contributed by atoms with van der Waals surface area (Å²) in [6.45, 7) is 0. The Hall–Kier alpha value is -3.01. The highest BCUT2D eigenvalue weighted by Gasteiger charge is 2.08. The lowest BCUT2D eigenvalue weighted by atomic mass is 9.97. The Kier molecular flexibility index (Phi) is 4.66. The van der Waals surface area contributed by atoms with Gasteiger partial charge in [-0.2, -0.15) is 0 Å². The fourth-order valence-corrected chi connectivity index (χ4v) is 2.68. The maximum Gasteiger partial charge on any atom is 0.221 e. The maximum absolute atomic E-state index is 13.4. The second-order valence-electron chi connectivity index (χ2n) is 5.66. The number of hydrogen-bond donors (Lipinski definition) is 1. The number of nitrogens with two attached hydrogens (primary N) is 1. The molecule has 0 spiro atoms. The summed E-state index contributed by atoms with van der Waals surface area (Å²) in [5.74, 6) is -0.616. The van der Waals surface area contributed by atoms with E-state index in [0.29, 0.717) is 6.42 Å². The second kappa shape index (κ2) is 7.04. The van der Waals surface area contributed by atoms with E-state index in [0.717, 1.165) is 27.9 Å². The molecule has 0 unspecified atom stereocenters. The van der Waals surface area contributed by atoms with Crippen LogP contribution in [0.1, 0.15) is 16.7 Å². The van der Waals surface area contributed by atoms with E-state index in [1.54, 1.807) is 18.3 Å². The molecule has 0 aliphatic rings. The van der Waals surface area contributed by atoms with Crippen LogP contribution in [-0.2, 0) is 17.6 Å². The van der Waals surface area contributed by atoms with Crippen molar-refractivity contribution in [1.82, 2.24) is 4.98 Å². The van der Waals surface area contributed by atoms with Crippen molar-refractivity contribution in [1.29, 1.82) is 0 Å². The van der Waals surface area contributed by atoms with Gasteiger partial charge in [-0.05, 0) is 41.3 Å². The summed E-state index contributed by atoms with van der Waals surface area (Å²) in [5.41, 5.74) is 9.77. The Morgan fingerprint density at radius 1 is 1.00 bits per heavy atom. The minimum atomic E-state index is -0.379. The van der Waals surface area contributed by atoms with Crippen LogP contribution in [0.25, 0.3) is 11.3 Å².